The summed E-state index contributed by atoms with van der Waals surface area (Å²) >= 11 is 0. The lowest BCUT2D eigenvalue weighted by Crippen LogP contribution is -2.57. The number of likely N-dealkylation sites (tertiary alicyclic amines) is 2. The molecule has 0 unspecified atom stereocenters. The van der Waals surface area contributed by atoms with Crippen molar-refractivity contribution in [2.24, 2.45) is 5.92 Å². The largest absolute Gasteiger partial charge is 0.396 e. The van der Waals surface area contributed by atoms with Gasteiger partial charge in [-0.2, -0.15) is 0 Å². The van der Waals surface area contributed by atoms with Gasteiger partial charge in [-0.3, -0.25) is 14.4 Å². The molecule has 230 valence electrons. The summed E-state index contributed by atoms with van der Waals surface area (Å²) in [5.41, 5.74) is 2.25. The van der Waals surface area contributed by atoms with Gasteiger partial charge < -0.3 is 24.7 Å². The van der Waals surface area contributed by atoms with Crippen molar-refractivity contribution >= 4 is 23.4 Å². The van der Waals surface area contributed by atoms with E-state index >= 15 is 0 Å². The van der Waals surface area contributed by atoms with Gasteiger partial charge in [0.1, 0.15) is 12.1 Å². The number of amides is 3. The quantitative estimate of drug-likeness (QED) is 0.511. The minimum Gasteiger partial charge on any atom is -0.396 e. The monoisotopic (exact) mass is 586 g/mol. The highest BCUT2D eigenvalue weighted by Gasteiger charge is 2.54. The first kappa shape index (κ1) is 29.7. The van der Waals surface area contributed by atoms with Crippen LogP contribution in [0.5, 0.6) is 0 Å². The fourth-order valence-corrected chi connectivity index (χ4v) is 7.84. The molecule has 0 aromatic heterocycles. The number of nitrogens with zero attached hydrogens (tertiary/aromatic N) is 4. The second-order valence-electron chi connectivity index (χ2n) is 13.0. The van der Waals surface area contributed by atoms with Crippen LogP contribution in [0.15, 0.2) is 54.6 Å². The van der Waals surface area contributed by atoms with Crippen molar-refractivity contribution in [2.75, 3.05) is 50.9 Å². The Morgan fingerprint density at radius 3 is 2.14 bits per heavy atom. The highest BCUT2D eigenvalue weighted by atomic mass is 16.3. The van der Waals surface area contributed by atoms with Crippen molar-refractivity contribution in [3.05, 3.63) is 65.7 Å². The van der Waals surface area contributed by atoms with Gasteiger partial charge in [0.05, 0.1) is 6.67 Å². The zero-order valence-electron chi connectivity index (χ0n) is 25.3. The Labute approximate surface area is 255 Å². The zero-order chi connectivity index (χ0) is 29.8. The first-order valence-corrected chi connectivity index (χ1v) is 16.4. The fourth-order valence-electron chi connectivity index (χ4n) is 7.84. The number of hydrogen-bond acceptors (Lipinski definition) is 5. The number of hydrogen-bond donors (Lipinski definition) is 1. The molecule has 3 heterocycles. The minimum absolute atomic E-state index is 0.00912. The number of para-hydroxylation sites is 1. The Morgan fingerprint density at radius 1 is 0.814 bits per heavy atom. The van der Waals surface area contributed by atoms with Crippen LogP contribution >= 0.6 is 0 Å². The van der Waals surface area contributed by atoms with E-state index in [-0.39, 0.29) is 30.9 Å². The molecule has 0 radical (unpaired) electrons. The molecule has 1 spiro atoms. The number of piperidine rings is 2. The van der Waals surface area contributed by atoms with Crippen LogP contribution in [0.1, 0.15) is 86.0 Å². The van der Waals surface area contributed by atoms with Crippen LogP contribution in [-0.4, -0.2) is 89.1 Å². The number of anilines is 1. The van der Waals surface area contributed by atoms with Gasteiger partial charge in [0.25, 0.3) is 11.8 Å². The number of rotatable bonds is 7. The summed E-state index contributed by atoms with van der Waals surface area (Å²) in [7, 11) is 0. The zero-order valence-corrected chi connectivity index (χ0v) is 25.3. The van der Waals surface area contributed by atoms with Crippen LogP contribution in [-0.2, 0) is 9.59 Å². The van der Waals surface area contributed by atoms with Crippen molar-refractivity contribution in [2.45, 2.75) is 75.7 Å². The average molecular weight is 587 g/mol. The van der Waals surface area contributed by atoms with E-state index in [0.717, 1.165) is 24.9 Å². The summed E-state index contributed by atoms with van der Waals surface area (Å²) in [6.07, 6.45) is 10.0. The van der Waals surface area contributed by atoms with Crippen molar-refractivity contribution in [1.29, 1.82) is 0 Å². The predicted octanol–water partition coefficient (Wildman–Crippen LogP) is 4.64. The summed E-state index contributed by atoms with van der Waals surface area (Å²) in [5.74, 6) is 1.08. The van der Waals surface area contributed by atoms with Crippen molar-refractivity contribution in [3.8, 4) is 0 Å². The molecule has 8 heteroatoms. The first-order valence-electron chi connectivity index (χ1n) is 16.4. The normalized spacial score (nSPS) is 21.6. The fraction of sp³-hybridized carbons (Fsp3) is 0.571. The maximum atomic E-state index is 14.1. The number of benzene rings is 2. The van der Waals surface area contributed by atoms with E-state index in [0.29, 0.717) is 63.1 Å². The number of carbonyl (C=O) groups excluding carboxylic acids is 3. The third kappa shape index (κ3) is 6.17. The number of aliphatic hydroxyl groups excluding tert-OH is 1. The molecule has 4 aliphatic rings. The molecule has 1 saturated carbocycles. The van der Waals surface area contributed by atoms with Gasteiger partial charge in [-0.15, -0.1) is 0 Å². The Morgan fingerprint density at radius 2 is 1.49 bits per heavy atom. The molecule has 8 nitrogen and oxygen atoms in total. The van der Waals surface area contributed by atoms with Crippen LogP contribution < -0.4 is 4.90 Å². The van der Waals surface area contributed by atoms with Gasteiger partial charge in [0.2, 0.25) is 5.91 Å². The van der Waals surface area contributed by atoms with Crippen LogP contribution in [0.25, 0.3) is 0 Å². The van der Waals surface area contributed by atoms with Gasteiger partial charge in [0, 0.05) is 44.0 Å². The predicted molar refractivity (Wildman–Crippen MR) is 167 cm³/mol. The molecule has 6 rings (SSSR count). The third-order valence-electron chi connectivity index (χ3n) is 10.5. The van der Waals surface area contributed by atoms with Gasteiger partial charge in [-0.05, 0) is 86.6 Å². The molecule has 3 amide bonds. The number of carbonyl (C=O) groups is 3. The maximum Gasteiger partial charge on any atom is 0.253 e. The van der Waals surface area contributed by atoms with E-state index in [9.17, 15) is 19.5 Å². The molecule has 1 aliphatic carbocycles. The molecule has 43 heavy (non-hydrogen) atoms. The van der Waals surface area contributed by atoms with Crippen LogP contribution in [0.2, 0.25) is 0 Å². The summed E-state index contributed by atoms with van der Waals surface area (Å²) in [6, 6.07) is 18.2. The van der Waals surface area contributed by atoms with Crippen LogP contribution in [0.3, 0.4) is 0 Å². The molecule has 3 aliphatic heterocycles. The van der Waals surface area contributed by atoms with Crippen LogP contribution in [0.4, 0.5) is 5.69 Å². The van der Waals surface area contributed by atoms with E-state index in [4.69, 9.17) is 0 Å². The smallest absolute Gasteiger partial charge is 0.253 e. The lowest BCUT2D eigenvalue weighted by atomic mass is 9.83. The second-order valence-corrected chi connectivity index (χ2v) is 13.0. The van der Waals surface area contributed by atoms with E-state index in [1.54, 1.807) is 4.90 Å². The Hall–Kier alpha value is -3.39. The Balaban J connectivity index is 1.12. The van der Waals surface area contributed by atoms with Gasteiger partial charge >= 0.3 is 0 Å². The molecule has 2 aromatic rings. The van der Waals surface area contributed by atoms with Crippen molar-refractivity contribution in [1.82, 2.24) is 14.7 Å². The molecule has 1 N–H and O–H groups in total. The SMILES string of the molecule is O=C(CN1CN(c2ccccc2)C2(CCN(C(=O)c3ccc(C4CCCCC4)cc3)CC2)C1=O)N1CCC(CCO)CC1. The first-order chi connectivity index (χ1) is 21.0. The molecule has 0 atom stereocenters. The topological polar surface area (TPSA) is 84.4 Å². The summed E-state index contributed by atoms with van der Waals surface area (Å²) < 4.78 is 0. The van der Waals surface area contributed by atoms with E-state index in [2.05, 4.69) is 17.0 Å². The second kappa shape index (κ2) is 13.1. The third-order valence-corrected chi connectivity index (χ3v) is 10.5. The summed E-state index contributed by atoms with van der Waals surface area (Å²) in [4.78, 5) is 48.6. The van der Waals surface area contributed by atoms with Crippen molar-refractivity contribution in [3.63, 3.8) is 0 Å². The Bertz CT molecular complexity index is 1260. The molecular formula is C35H46N4O4. The van der Waals surface area contributed by atoms with E-state index < -0.39 is 5.54 Å². The van der Waals surface area contributed by atoms with Gasteiger partial charge in [-0.25, -0.2) is 0 Å². The highest BCUT2D eigenvalue weighted by Crippen LogP contribution is 2.40. The minimum atomic E-state index is -0.766. The average Bonchev–Trinajstić information content (AvgIpc) is 3.32. The van der Waals surface area contributed by atoms with E-state index in [1.165, 1.54) is 37.7 Å². The summed E-state index contributed by atoms with van der Waals surface area (Å²) in [5, 5.41) is 9.26. The molecule has 2 aromatic carbocycles. The number of aliphatic hydroxyl groups is 1. The van der Waals surface area contributed by atoms with E-state index in [1.807, 2.05) is 52.3 Å². The van der Waals surface area contributed by atoms with Crippen LogP contribution in [0, 0.1) is 5.92 Å². The van der Waals surface area contributed by atoms with Gasteiger partial charge in [-0.1, -0.05) is 49.6 Å². The molecular weight excluding hydrogens is 540 g/mol. The summed E-state index contributed by atoms with van der Waals surface area (Å²) in [6.45, 7) is 2.98. The maximum absolute atomic E-state index is 14.1. The molecule has 4 fully saturated rings. The lowest BCUT2D eigenvalue weighted by Gasteiger charge is -2.43. The highest BCUT2D eigenvalue weighted by molar-refractivity contribution is 5.97. The van der Waals surface area contributed by atoms with Gasteiger partial charge in [0.15, 0.2) is 0 Å². The Kier molecular flexibility index (Phi) is 9.03. The standard InChI is InChI=1S/C35H46N4O4/c40-24-17-27-15-20-36(21-16-27)32(41)25-38-26-39(31-9-5-2-6-10-31)35(34(38)43)18-22-37(23-19-35)33(42)30-13-11-29(12-14-30)28-7-3-1-4-8-28/h2,5-6,9-14,27-28,40H,1,3-4,7-8,15-26H2. The molecule has 0 bridgehead atoms. The lowest BCUT2D eigenvalue weighted by molar-refractivity contribution is -0.141. The molecule has 3 saturated heterocycles. The van der Waals surface area contributed by atoms with Crippen molar-refractivity contribution < 1.29 is 19.5 Å².